The fourth-order valence-corrected chi connectivity index (χ4v) is 3.44. The van der Waals surface area contributed by atoms with Crippen LogP contribution in [-0.4, -0.2) is 36.4 Å². The normalized spacial score (nSPS) is 11.6. The second-order valence-corrected chi connectivity index (χ2v) is 7.57. The highest BCUT2D eigenvalue weighted by Crippen LogP contribution is 2.26. The minimum absolute atomic E-state index is 0.185. The molecule has 2 amide bonds. The summed E-state index contributed by atoms with van der Waals surface area (Å²) in [6.45, 7) is 3.78. The number of amides is 2. The number of carbonyl (C=O) groups is 2. The van der Waals surface area contributed by atoms with Crippen LogP contribution in [0.15, 0.2) is 46.9 Å². The maximum atomic E-state index is 12.9. The van der Waals surface area contributed by atoms with E-state index < -0.39 is 6.04 Å². The first kappa shape index (κ1) is 22.2. The Kier molecular flexibility index (Phi) is 8.33. The van der Waals surface area contributed by atoms with Crippen molar-refractivity contribution in [3.8, 4) is 5.75 Å². The lowest BCUT2D eigenvalue weighted by atomic mass is 10.1. The van der Waals surface area contributed by atoms with Gasteiger partial charge >= 0.3 is 0 Å². The highest BCUT2D eigenvalue weighted by molar-refractivity contribution is 9.10. The molecule has 0 aliphatic heterocycles. The van der Waals surface area contributed by atoms with E-state index in [1.54, 1.807) is 20.0 Å². The number of rotatable bonds is 8. The van der Waals surface area contributed by atoms with Gasteiger partial charge in [-0.25, -0.2) is 0 Å². The Morgan fingerprint density at radius 1 is 1.25 bits per heavy atom. The van der Waals surface area contributed by atoms with Crippen LogP contribution in [0.25, 0.3) is 0 Å². The van der Waals surface area contributed by atoms with E-state index in [-0.39, 0.29) is 25.0 Å². The second-order valence-electron chi connectivity index (χ2n) is 6.31. The van der Waals surface area contributed by atoms with Crippen molar-refractivity contribution in [3.05, 3.63) is 63.1 Å². The van der Waals surface area contributed by atoms with Crippen LogP contribution in [0.1, 0.15) is 25.0 Å². The van der Waals surface area contributed by atoms with Gasteiger partial charge in [-0.05, 0) is 58.6 Å². The van der Waals surface area contributed by atoms with Crippen molar-refractivity contribution >= 4 is 39.3 Å². The molecule has 0 fully saturated rings. The summed E-state index contributed by atoms with van der Waals surface area (Å²) in [7, 11) is 1.54. The van der Waals surface area contributed by atoms with Gasteiger partial charge in [0.2, 0.25) is 5.91 Å². The molecule has 1 atom stereocenters. The van der Waals surface area contributed by atoms with Crippen LogP contribution in [-0.2, 0) is 22.6 Å². The number of nitrogens with zero attached hydrogens (tertiary/aromatic N) is 1. The van der Waals surface area contributed by atoms with Crippen molar-refractivity contribution in [2.24, 2.45) is 0 Å². The predicted octanol–water partition coefficient (Wildman–Crippen LogP) is 4.21. The molecule has 150 valence electrons. The molecule has 5 nitrogen and oxygen atoms in total. The van der Waals surface area contributed by atoms with E-state index in [1.807, 2.05) is 36.4 Å². The van der Waals surface area contributed by atoms with Crippen molar-refractivity contribution in [2.75, 3.05) is 13.7 Å². The molecule has 0 aliphatic carbocycles. The van der Waals surface area contributed by atoms with Crippen molar-refractivity contribution in [1.29, 1.82) is 0 Å². The molecule has 0 bridgehead atoms. The van der Waals surface area contributed by atoms with Gasteiger partial charge in [0.15, 0.2) is 6.61 Å². The summed E-state index contributed by atoms with van der Waals surface area (Å²) >= 11 is 9.71. The summed E-state index contributed by atoms with van der Waals surface area (Å²) < 4.78 is 6.50. The fourth-order valence-electron chi connectivity index (χ4n) is 2.71. The molecule has 0 radical (unpaired) electrons. The van der Waals surface area contributed by atoms with Crippen LogP contribution in [0.5, 0.6) is 5.75 Å². The number of ether oxygens (including phenoxy) is 1. The monoisotopic (exact) mass is 466 g/mol. The maximum Gasteiger partial charge on any atom is 0.261 e. The maximum absolute atomic E-state index is 12.9. The molecule has 0 aliphatic rings. The topological polar surface area (TPSA) is 58.6 Å². The number of nitrogens with one attached hydrogen (secondary N) is 1. The first-order valence-corrected chi connectivity index (χ1v) is 10.2. The van der Waals surface area contributed by atoms with Gasteiger partial charge in [-0.15, -0.1) is 0 Å². The molecule has 0 unspecified atom stereocenters. The van der Waals surface area contributed by atoms with Crippen molar-refractivity contribution in [1.82, 2.24) is 10.2 Å². The smallest absolute Gasteiger partial charge is 0.261 e. The third kappa shape index (κ3) is 5.72. The van der Waals surface area contributed by atoms with Crippen LogP contribution in [0, 0.1) is 0 Å². The van der Waals surface area contributed by atoms with Gasteiger partial charge in [0, 0.05) is 18.6 Å². The van der Waals surface area contributed by atoms with Crippen LogP contribution in [0.4, 0.5) is 0 Å². The number of benzene rings is 2. The largest absolute Gasteiger partial charge is 0.483 e. The quantitative estimate of drug-likeness (QED) is 0.633. The summed E-state index contributed by atoms with van der Waals surface area (Å²) in [5.74, 6) is 0.0206. The molecule has 28 heavy (non-hydrogen) atoms. The molecule has 1 N–H and O–H groups in total. The molecule has 0 heterocycles. The third-order valence-electron chi connectivity index (χ3n) is 4.47. The van der Waals surface area contributed by atoms with Crippen LogP contribution in [0.3, 0.4) is 0 Å². The highest BCUT2D eigenvalue weighted by atomic mass is 79.9. The molecule has 2 rings (SSSR count). The Balaban J connectivity index is 2.16. The first-order valence-electron chi connectivity index (χ1n) is 9.03. The van der Waals surface area contributed by atoms with E-state index >= 15 is 0 Å². The zero-order valence-electron chi connectivity index (χ0n) is 16.2. The number of hydrogen-bond acceptors (Lipinski definition) is 3. The zero-order valence-corrected chi connectivity index (χ0v) is 18.5. The molecule has 0 saturated carbocycles. The molecular weight excluding hydrogens is 444 g/mol. The van der Waals surface area contributed by atoms with Crippen LogP contribution < -0.4 is 10.1 Å². The van der Waals surface area contributed by atoms with Gasteiger partial charge in [-0.1, -0.05) is 42.8 Å². The average Bonchev–Trinajstić information content (AvgIpc) is 2.70. The zero-order chi connectivity index (χ0) is 20.7. The number of halogens is 2. The minimum Gasteiger partial charge on any atom is -0.483 e. The van der Waals surface area contributed by atoms with Crippen LogP contribution in [0.2, 0.25) is 5.02 Å². The lowest BCUT2D eigenvalue weighted by molar-refractivity contribution is -0.142. The van der Waals surface area contributed by atoms with E-state index in [0.29, 0.717) is 10.8 Å². The molecule has 0 saturated heterocycles. The minimum atomic E-state index is -0.664. The Morgan fingerprint density at radius 2 is 1.96 bits per heavy atom. The third-order valence-corrected chi connectivity index (χ3v) is 5.46. The summed E-state index contributed by atoms with van der Waals surface area (Å²) in [5, 5.41) is 3.13. The SMILES string of the molecule is CCc1ccc(OCC(=O)N(Cc2ccccc2Cl)[C@H](C)C(=O)NC)c(Br)c1. The Labute approximate surface area is 179 Å². The highest BCUT2D eigenvalue weighted by Gasteiger charge is 2.26. The molecule has 2 aromatic rings. The van der Waals surface area contributed by atoms with E-state index in [0.717, 1.165) is 16.5 Å². The number of aryl methyl sites for hydroxylation is 1. The Morgan fingerprint density at radius 3 is 2.57 bits per heavy atom. The van der Waals surface area contributed by atoms with E-state index in [2.05, 4.69) is 28.2 Å². The number of carbonyl (C=O) groups excluding carboxylic acids is 2. The number of likely N-dealkylation sites (N-methyl/N-ethyl adjacent to an activating group) is 1. The van der Waals surface area contributed by atoms with Crippen molar-refractivity contribution in [2.45, 2.75) is 32.9 Å². The van der Waals surface area contributed by atoms with Crippen molar-refractivity contribution in [3.63, 3.8) is 0 Å². The Bertz CT molecular complexity index is 844. The molecular formula is C21H24BrClN2O3. The first-order chi connectivity index (χ1) is 13.4. The lowest BCUT2D eigenvalue weighted by Gasteiger charge is -2.28. The van der Waals surface area contributed by atoms with Gasteiger partial charge in [-0.3, -0.25) is 9.59 Å². The molecule has 7 heteroatoms. The van der Waals surface area contributed by atoms with E-state index in [4.69, 9.17) is 16.3 Å². The summed E-state index contributed by atoms with van der Waals surface area (Å²) in [6.07, 6.45) is 0.910. The average molecular weight is 468 g/mol. The summed E-state index contributed by atoms with van der Waals surface area (Å²) in [5.41, 5.74) is 1.93. The summed E-state index contributed by atoms with van der Waals surface area (Å²) in [4.78, 5) is 26.5. The van der Waals surface area contributed by atoms with Gasteiger partial charge < -0.3 is 15.0 Å². The second kappa shape index (κ2) is 10.5. The van der Waals surface area contributed by atoms with Gasteiger partial charge in [-0.2, -0.15) is 0 Å². The van der Waals surface area contributed by atoms with E-state index in [1.165, 1.54) is 10.5 Å². The number of hydrogen-bond donors (Lipinski definition) is 1. The summed E-state index contributed by atoms with van der Waals surface area (Å²) in [6, 6.07) is 12.3. The lowest BCUT2D eigenvalue weighted by Crippen LogP contribution is -2.48. The van der Waals surface area contributed by atoms with E-state index in [9.17, 15) is 9.59 Å². The van der Waals surface area contributed by atoms with Gasteiger partial charge in [0.25, 0.3) is 5.91 Å². The molecule has 2 aromatic carbocycles. The standard InChI is InChI=1S/C21H24BrClN2O3/c1-4-15-9-10-19(17(22)11-15)28-13-20(26)25(14(2)21(27)24-3)12-16-7-5-6-8-18(16)23/h5-11,14H,4,12-13H2,1-3H3,(H,24,27)/t14-/m1/s1. The molecule has 0 aromatic heterocycles. The van der Waals surface area contributed by atoms with Gasteiger partial charge in [0.1, 0.15) is 11.8 Å². The van der Waals surface area contributed by atoms with Crippen LogP contribution >= 0.6 is 27.5 Å². The fraction of sp³-hybridized carbons (Fsp3) is 0.333. The Hall–Kier alpha value is -2.05. The predicted molar refractivity (Wildman–Crippen MR) is 115 cm³/mol. The van der Waals surface area contributed by atoms with Crippen molar-refractivity contribution < 1.29 is 14.3 Å². The molecule has 0 spiro atoms. The van der Waals surface area contributed by atoms with Gasteiger partial charge in [0.05, 0.1) is 4.47 Å².